The first-order chi connectivity index (χ1) is 13.4. The first-order valence-electron chi connectivity index (χ1n) is 9.49. The van der Waals surface area contributed by atoms with E-state index in [-0.39, 0.29) is 17.7 Å². The van der Waals surface area contributed by atoms with Crippen LogP contribution in [0.1, 0.15) is 28.9 Å². The van der Waals surface area contributed by atoms with Gasteiger partial charge in [-0.1, -0.05) is 13.0 Å². The van der Waals surface area contributed by atoms with Gasteiger partial charge in [0.15, 0.2) is 0 Å². The number of aromatic nitrogens is 3. The molecule has 1 saturated heterocycles. The molecule has 8 heteroatoms. The molecule has 0 bridgehead atoms. The predicted molar refractivity (Wildman–Crippen MR) is 104 cm³/mol. The minimum atomic E-state index is -0.194. The maximum atomic E-state index is 12.8. The summed E-state index contributed by atoms with van der Waals surface area (Å²) in [7, 11) is 1.58. The Kier molecular flexibility index (Phi) is 5.96. The summed E-state index contributed by atoms with van der Waals surface area (Å²) in [5.74, 6) is 2.04. The van der Waals surface area contributed by atoms with Crippen molar-refractivity contribution in [1.82, 2.24) is 24.6 Å². The summed E-state index contributed by atoms with van der Waals surface area (Å²) in [6, 6.07) is 7.14. The number of ether oxygens (including phenoxy) is 1. The van der Waals surface area contributed by atoms with Gasteiger partial charge in [-0.15, -0.1) is 0 Å². The lowest BCUT2D eigenvalue weighted by molar-refractivity contribution is -0.137. The number of hydrogen-bond acceptors (Lipinski definition) is 5. The Morgan fingerprint density at radius 1 is 1.14 bits per heavy atom. The van der Waals surface area contributed by atoms with Gasteiger partial charge in [0.2, 0.25) is 5.91 Å². The molecule has 0 N–H and O–H groups in total. The van der Waals surface area contributed by atoms with E-state index in [9.17, 15) is 9.59 Å². The second-order valence-corrected chi connectivity index (χ2v) is 7.14. The molecule has 8 nitrogen and oxygen atoms in total. The van der Waals surface area contributed by atoms with Gasteiger partial charge in [-0.3, -0.25) is 9.59 Å². The van der Waals surface area contributed by atoms with Crippen LogP contribution in [0.25, 0.3) is 0 Å². The van der Waals surface area contributed by atoms with E-state index in [0.717, 1.165) is 5.82 Å². The van der Waals surface area contributed by atoms with Crippen molar-refractivity contribution in [3.05, 3.63) is 41.5 Å². The summed E-state index contributed by atoms with van der Waals surface area (Å²) in [4.78, 5) is 33.4. The number of carbonyl (C=O) groups is 2. The molecule has 1 fully saturated rings. The van der Waals surface area contributed by atoms with E-state index in [1.165, 1.54) is 0 Å². The van der Waals surface area contributed by atoms with Gasteiger partial charge in [0.1, 0.15) is 17.4 Å². The Bertz CT molecular complexity index is 855. The average Bonchev–Trinajstić information content (AvgIpc) is 3.03. The minimum Gasteiger partial charge on any atom is -0.497 e. The SMILES string of the molecule is COc1cccc(C(=O)N2CCN(C(=O)[C@@H](C)Cn3nc(C)nc3C)CC2)c1. The molecule has 0 unspecified atom stereocenters. The van der Waals surface area contributed by atoms with Crippen LogP contribution in [0, 0.1) is 19.8 Å². The predicted octanol–water partition coefficient (Wildman–Crippen LogP) is 1.52. The smallest absolute Gasteiger partial charge is 0.254 e. The fourth-order valence-corrected chi connectivity index (χ4v) is 3.45. The fourth-order valence-electron chi connectivity index (χ4n) is 3.45. The molecule has 0 spiro atoms. The van der Waals surface area contributed by atoms with Gasteiger partial charge in [0.05, 0.1) is 19.6 Å². The average molecular weight is 385 g/mol. The molecule has 0 radical (unpaired) electrons. The van der Waals surface area contributed by atoms with E-state index in [1.54, 1.807) is 34.9 Å². The summed E-state index contributed by atoms with van der Waals surface area (Å²) in [5.41, 5.74) is 0.601. The van der Waals surface area contributed by atoms with Gasteiger partial charge < -0.3 is 14.5 Å². The van der Waals surface area contributed by atoms with Crippen LogP contribution in [-0.2, 0) is 11.3 Å². The van der Waals surface area contributed by atoms with Crippen molar-refractivity contribution in [3.63, 3.8) is 0 Å². The number of rotatable bonds is 5. The van der Waals surface area contributed by atoms with Crippen LogP contribution in [0.3, 0.4) is 0 Å². The molecule has 0 saturated carbocycles. The number of benzene rings is 1. The second-order valence-electron chi connectivity index (χ2n) is 7.14. The van der Waals surface area contributed by atoms with Crippen LogP contribution in [0.2, 0.25) is 0 Å². The molecular weight excluding hydrogens is 358 g/mol. The van der Waals surface area contributed by atoms with E-state index in [0.29, 0.717) is 49.9 Å². The van der Waals surface area contributed by atoms with Gasteiger partial charge in [-0.2, -0.15) is 5.10 Å². The second kappa shape index (κ2) is 8.41. The third kappa shape index (κ3) is 4.32. The van der Waals surface area contributed by atoms with Crippen LogP contribution >= 0.6 is 0 Å². The summed E-state index contributed by atoms with van der Waals surface area (Å²) in [6.45, 7) is 8.27. The molecular formula is C20H27N5O3. The van der Waals surface area contributed by atoms with Crippen LogP contribution in [0.4, 0.5) is 0 Å². The minimum absolute atomic E-state index is 0.0345. The molecule has 150 valence electrons. The van der Waals surface area contributed by atoms with Crippen LogP contribution in [-0.4, -0.2) is 69.7 Å². The van der Waals surface area contributed by atoms with Gasteiger partial charge in [0.25, 0.3) is 5.91 Å². The molecule has 1 aromatic heterocycles. The highest BCUT2D eigenvalue weighted by molar-refractivity contribution is 5.94. The zero-order valence-electron chi connectivity index (χ0n) is 16.9. The lowest BCUT2D eigenvalue weighted by Crippen LogP contribution is -2.52. The number of hydrogen-bond donors (Lipinski definition) is 0. The standard InChI is InChI=1S/C20H27N5O3/c1-14(13-25-16(3)21-15(2)22-25)19(26)23-8-10-24(11-9-23)20(27)17-6-5-7-18(12-17)28-4/h5-7,12,14H,8-11,13H2,1-4H3/t14-/m0/s1. The Hall–Kier alpha value is -2.90. The Labute approximate surface area is 165 Å². The van der Waals surface area contributed by atoms with E-state index in [4.69, 9.17) is 4.74 Å². The molecule has 0 aliphatic carbocycles. The number of aryl methyl sites for hydroxylation is 2. The Morgan fingerprint density at radius 2 is 1.82 bits per heavy atom. The third-order valence-electron chi connectivity index (χ3n) is 5.03. The summed E-state index contributed by atoms with van der Waals surface area (Å²) in [6.07, 6.45) is 0. The normalized spacial score (nSPS) is 15.4. The van der Waals surface area contributed by atoms with E-state index in [2.05, 4.69) is 10.1 Å². The lowest BCUT2D eigenvalue weighted by atomic mass is 10.1. The van der Waals surface area contributed by atoms with Gasteiger partial charge in [-0.05, 0) is 32.0 Å². The summed E-state index contributed by atoms with van der Waals surface area (Å²) in [5, 5.41) is 4.33. The molecule has 2 aromatic rings. The van der Waals surface area contributed by atoms with Crippen molar-refractivity contribution in [2.75, 3.05) is 33.3 Å². The molecule has 1 aromatic carbocycles. The molecule has 3 rings (SSSR count). The van der Waals surface area contributed by atoms with Crippen molar-refractivity contribution in [2.24, 2.45) is 5.92 Å². The molecule has 2 heterocycles. The van der Waals surface area contributed by atoms with Crippen molar-refractivity contribution >= 4 is 11.8 Å². The quantitative estimate of drug-likeness (QED) is 0.780. The van der Waals surface area contributed by atoms with Crippen LogP contribution in [0.5, 0.6) is 5.75 Å². The fraction of sp³-hybridized carbons (Fsp3) is 0.500. The molecule has 1 aliphatic heterocycles. The van der Waals surface area contributed by atoms with E-state index < -0.39 is 0 Å². The largest absolute Gasteiger partial charge is 0.497 e. The first kappa shape index (κ1) is 19.9. The van der Waals surface area contributed by atoms with Crippen LogP contribution in [0.15, 0.2) is 24.3 Å². The molecule has 1 atom stereocenters. The number of carbonyl (C=O) groups excluding carboxylic acids is 2. The van der Waals surface area contributed by atoms with E-state index >= 15 is 0 Å². The van der Waals surface area contributed by atoms with Crippen molar-refractivity contribution in [3.8, 4) is 5.75 Å². The third-order valence-corrected chi connectivity index (χ3v) is 5.03. The Morgan fingerprint density at radius 3 is 2.43 bits per heavy atom. The zero-order valence-corrected chi connectivity index (χ0v) is 16.9. The number of nitrogens with zero attached hydrogens (tertiary/aromatic N) is 5. The van der Waals surface area contributed by atoms with Gasteiger partial charge in [0, 0.05) is 31.7 Å². The lowest BCUT2D eigenvalue weighted by Gasteiger charge is -2.36. The van der Waals surface area contributed by atoms with Crippen molar-refractivity contribution in [2.45, 2.75) is 27.3 Å². The highest BCUT2D eigenvalue weighted by atomic mass is 16.5. The van der Waals surface area contributed by atoms with Gasteiger partial charge >= 0.3 is 0 Å². The first-order valence-corrected chi connectivity index (χ1v) is 9.49. The van der Waals surface area contributed by atoms with Gasteiger partial charge in [-0.25, -0.2) is 9.67 Å². The number of piperazine rings is 1. The summed E-state index contributed by atoms with van der Waals surface area (Å²) >= 11 is 0. The summed E-state index contributed by atoms with van der Waals surface area (Å²) < 4.78 is 6.97. The van der Waals surface area contributed by atoms with Crippen molar-refractivity contribution in [1.29, 1.82) is 0 Å². The molecule has 1 aliphatic rings. The molecule has 28 heavy (non-hydrogen) atoms. The number of amides is 2. The van der Waals surface area contributed by atoms with Crippen molar-refractivity contribution < 1.29 is 14.3 Å². The number of methoxy groups -OCH3 is 1. The topological polar surface area (TPSA) is 80.6 Å². The highest BCUT2D eigenvalue weighted by Gasteiger charge is 2.28. The molecule has 2 amide bonds. The zero-order chi connectivity index (χ0) is 20.3. The Balaban J connectivity index is 1.56. The highest BCUT2D eigenvalue weighted by Crippen LogP contribution is 2.16. The maximum absolute atomic E-state index is 12.8. The van der Waals surface area contributed by atoms with E-state index in [1.807, 2.05) is 31.7 Å². The maximum Gasteiger partial charge on any atom is 0.254 e. The monoisotopic (exact) mass is 385 g/mol. The van der Waals surface area contributed by atoms with Crippen LogP contribution < -0.4 is 4.74 Å².